The zero-order valence-corrected chi connectivity index (χ0v) is 9.22. The molecule has 2 N–H and O–H groups in total. The number of likely N-dealkylation sites (tertiary alicyclic amines) is 1. The minimum atomic E-state index is 0.257. The first-order valence-electron chi connectivity index (χ1n) is 5.17. The lowest BCUT2D eigenvalue weighted by atomic mass is 10.1. The Bertz CT molecular complexity index is 253. The third kappa shape index (κ3) is 4.65. The maximum atomic E-state index is 5.59. The SMILES string of the molecule is C=C(N=C/C=C\N)OC1CCN(C)CC1. The van der Waals surface area contributed by atoms with Gasteiger partial charge in [-0.2, -0.15) is 0 Å². The molecule has 0 spiro atoms. The van der Waals surface area contributed by atoms with E-state index in [-0.39, 0.29) is 6.10 Å². The number of hydrogen-bond donors (Lipinski definition) is 1. The lowest BCUT2D eigenvalue weighted by Crippen LogP contribution is -2.33. The van der Waals surface area contributed by atoms with E-state index in [4.69, 9.17) is 10.5 Å². The zero-order valence-electron chi connectivity index (χ0n) is 9.22. The van der Waals surface area contributed by atoms with E-state index in [2.05, 4.69) is 23.5 Å². The molecular formula is C11H19N3O. The fourth-order valence-electron chi connectivity index (χ4n) is 1.50. The number of ether oxygens (including phenoxy) is 1. The summed E-state index contributed by atoms with van der Waals surface area (Å²) in [6, 6.07) is 0. The van der Waals surface area contributed by atoms with Crippen molar-refractivity contribution in [3.05, 3.63) is 24.7 Å². The van der Waals surface area contributed by atoms with Crippen molar-refractivity contribution in [2.75, 3.05) is 20.1 Å². The number of piperidine rings is 1. The molecule has 0 unspecified atom stereocenters. The van der Waals surface area contributed by atoms with Gasteiger partial charge in [-0.05, 0) is 38.7 Å². The molecule has 1 aliphatic rings. The van der Waals surface area contributed by atoms with Crippen molar-refractivity contribution in [2.45, 2.75) is 18.9 Å². The van der Waals surface area contributed by atoms with E-state index in [0.29, 0.717) is 5.88 Å². The molecule has 4 nitrogen and oxygen atoms in total. The average Bonchev–Trinajstić information content (AvgIpc) is 2.22. The second-order valence-electron chi connectivity index (χ2n) is 3.68. The van der Waals surface area contributed by atoms with Crippen LogP contribution < -0.4 is 5.73 Å². The highest BCUT2D eigenvalue weighted by molar-refractivity contribution is 5.71. The summed E-state index contributed by atoms with van der Waals surface area (Å²) in [6.45, 7) is 5.88. The molecule has 0 amide bonds. The van der Waals surface area contributed by atoms with Gasteiger partial charge in [0.2, 0.25) is 5.88 Å². The fourth-order valence-corrected chi connectivity index (χ4v) is 1.50. The Kier molecular flexibility index (Phi) is 4.90. The summed E-state index contributed by atoms with van der Waals surface area (Å²) in [6.07, 6.45) is 6.98. The van der Waals surface area contributed by atoms with Gasteiger partial charge in [0.25, 0.3) is 0 Å². The summed E-state index contributed by atoms with van der Waals surface area (Å²) in [4.78, 5) is 6.30. The molecule has 4 heteroatoms. The van der Waals surface area contributed by atoms with E-state index in [1.165, 1.54) is 6.20 Å². The molecule has 0 aliphatic carbocycles. The van der Waals surface area contributed by atoms with Gasteiger partial charge < -0.3 is 15.4 Å². The Morgan fingerprint density at radius 3 is 2.80 bits per heavy atom. The Hall–Kier alpha value is -1.29. The molecule has 1 aliphatic heterocycles. The molecule has 1 rings (SSSR count). The number of hydrogen-bond acceptors (Lipinski definition) is 4. The van der Waals surface area contributed by atoms with Crippen LogP contribution in [-0.2, 0) is 4.74 Å². The van der Waals surface area contributed by atoms with Gasteiger partial charge >= 0.3 is 0 Å². The van der Waals surface area contributed by atoms with E-state index in [1.807, 2.05) is 0 Å². The maximum Gasteiger partial charge on any atom is 0.205 e. The molecule has 0 aromatic carbocycles. The zero-order chi connectivity index (χ0) is 11.1. The molecule has 0 saturated carbocycles. The Balaban J connectivity index is 2.26. The highest BCUT2D eigenvalue weighted by atomic mass is 16.5. The van der Waals surface area contributed by atoms with Gasteiger partial charge in [-0.3, -0.25) is 0 Å². The van der Waals surface area contributed by atoms with Crippen LogP contribution in [0.15, 0.2) is 29.7 Å². The first-order valence-corrected chi connectivity index (χ1v) is 5.17. The quantitative estimate of drug-likeness (QED) is 0.557. The third-order valence-corrected chi connectivity index (χ3v) is 2.38. The predicted octanol–water partition coefficient (Wildman–Crippen LogP) is 1.11. The van der Waals surface area contributed by atoms with E-state index in [0.717, 1.165) is 25.9 Å². The Labute approximate surface area is 91.1 Å². The number of allylic oxidation sites excluding steroid dienone is 1. The van der Waals surface area contributed by atoms with E-state index in [9.17, 15) is 0 Å². The summed E-state index contributed by atoms with van der Waals surface area (Å²) in [7, 11) is 2.12. The van der Waals surface area contributed by atoms with E-state index >= 15 is 0 Å². The monoisotopic (exact) mass is 209 g/mol. The van der Waals surface area contributed by atoms with Gasteiger partial charge in [0.05, 0.1) is 0 Å². The number of nitrogens with two attached hydrogens (primary N) is 1. The molecule has 0 aromatic heterocycles. The molecule has 0 aromatic rings. The van der Waals surface area contributed by atoms with Gasteiger partial charge in [0, 0.05) is 19.3 Å². The second-order valence-corrected chi connectivity index (χ2v) is 3.68. The van der Waals surface area contributed by atoms with Crippen LogP contribution in [0.3, 0.4) is 0 Å². The first-order chi connectivity index (χ1) is 7.22. The summed E-state index contributed by atoms with van der Waals surface area (Å²) >= 11 is 0. The van der Waals surface area contributed by atoms with Crippen molar-refractivity contribution in [2.24, 2.45) is 10.7 Å². The summed E-state index contributed by atoms with van der Waals surface area (Å²) in [5.41, 5.74) is 5.17. The standard InChI is InChI=1S/C11H19N3O/c1-10(13-7-3-6-12)15-11-4-8-14(2)9-5-11/h3,6-7,11H,1,4-5,8-9,12H2,2H3/b6-3-,13-7?. The molecular weight excluding hydrogens is 190 g/mol. The average molecular weight is 209 g/mol. The smallest absolute Gasteiger partial charge is 0.205 e. The lowest BCUT2D eigenvalue weighted by molar-refractivity contribution is 0.0582. The van der Waals surface area contributed by atoms with Crippen LogP contribution in [0.5, 0.6) is 0 Å². The fraction of sp³-hybridized carbons (Fsp3) is 0.545. The molecule has 84 valence electrons. The highest BCUT2D eigenvalue weighted by Gasteiger charge is 2.17. The highest BCUT2D eigenvalue weighted by Crippen LogP contribution is 2.15. The summed E-state index contributed by atoms with van der Waals surface area (Å²) in [5, 5.41) is 0. The van der Waals surface area contributed by atoms with E-state index < -0.39 is 0 Å². The molecule has 1 heterocycles. The number of aliphatic imine (C=N–C) groups is 1. The topological polar surface area (TPSA) is 50.9 Å². The van der Waals surface area contributed by atoms with Crippen molar-refractivity contribution in [1.82, 2.24) is 4.90 Å². The minimum Gasteiger partial charge on any atom is -0.475 e. The maximum absolute atomic E-state index is 5.59. The van der Waals surface area contributed by atoms with E-state index in [1.54, 1.807) is 12.3 Å². The summed E-state index contributed by atoms with van der Waals surface area (Å²) < 4.78 is 5.59. The van der Waals surface area contributed by atoms with Gasteiger partial charge in [0.15, 0.2) is 0 Å². The van der Waals surface area contributed by atoms with Gasteiger partial charge in [-0.15, -0.1) is 0 Å². The molecule has 1 fully saturated rings. The second kappa shape index (κ2) is 6.24. The molecule has 0 bridgehead atoms. The molecule has 15 heavy (non-hydrogen) atoms. The third-order valence-electron chi connectivity index (χ3n) is 2.38. The van der Waals surface area contributed by atoms with Crippen molar-refractivity contribution in [3.63, 3.8) is 0 Å². The van der Waals surface area contributed by atoms with Crippen LogP contribution in [0.1, 0.15) is 12.8 Å². The van der Waals surface area contributed by atoms with Gasteiger partial charge in [-0.1, -0.05) is 0 Å². The van der Waals surface area contributed by atoms with Crippen molar-refractivity contribution >= 4 is 6.21 Å². The molecule has 1 saturated heterocycles. The Morgan fingerprint density at radius 1 is 1.53 bits per heavy atom. The van der Waals surface area contributed by atoms with Crippen LogP contribution >= 0.6 is 0 Å². The molecule has 0 radical (unpaired) electrons. The van der Waals surface area contributed by atoms with Gasteiger partial charge in [0.1, 0.15) is 6.10 Å². The normalized spacial score (nSPS) is 20.1. The van der Waals surface area contributed by atoms with Crippen LogP contribution in [-0.4, -0.2) is 37.4 Å². The number of rotatable bonds is 4. The van der Waals surface area contributed by atoms with Crippen molar-refractivity contribution < 1.29 is 4.74 Å². The summed E-state index contributed by atoms with van der Waals surface area (Å²) in [5.74, 6) is 0.461. The van der Waals surface area contributed by atoms with Crippen LogP contribution in [0.4, 0.5) is 0 Å². The Morgan fingerprint density at radius 2 is 2.20 bits per heavy atom. The first kappa shape index (κ1) is 11.8. The minimum absolute atomic E-state index is 0.257. The number of nitrogens with zero attached hydrogens (tertiary/aromatic N) is 2. The largest absolute Gasteiger partial charge is 0.475 e. The predicted molar refractivity (Wildman–Crippen MR) is 62.6 cm³/mol. The van der Waals surface area contributed by atoms with Crippen LogP contribution in [0.2, 0.25) is 0 Å². The van der Waals surface area contributed by atoms with Gasteiger partial charge in [-0.25, -0.2) is 4.99 Å². The van der Waals surface area contributed by atoms with Crippen LogP contribution in [0, 0.1) is 0 Å². The lowest BCUT2D eigenvalue weighted by Gasteiger charge is -2.28. The van der Waals surface area contributed by atoms with Crippen molar-refractivity contribution in [1.29, 1.82) is 0 Å². The van der Waals surface area contributed by atoms with Crippen LogP contribution in [0.25, 0.3) is 0 Å². The molecule has 0 atom stereocenters. The van der Waals surface area contributed by atoms with Crippen molar-refractivity contribution in [3.8, 4) is 0 Å².